The molecule has 0 heterocycles. The van der Waals surface area contributed by atoms with Gasteiger partial charge in [-0.1, -0.05) is 129 Å². The quantitative estimate of drug-likeness (QED) is 0.150. The van der Waals surface area contributed by atoms with Crippen molar-refractivity contribution in [2.24, 2.45) is 0 Å². The molecule has 0 aromatic rings. The Labute approximate surface area is 159 Å². The Hall–Kier alpha value is 0.290. The van der Waals surface area contributed by atoms with Crippen LogP contribution in [0.4, 0.5) is 0 Å². The summed E-state index contributed by atoms with van der Waals surface area (Å²) in [5.41, 5.74) is 0. The largest absolute Gasteiger partial charge is 0.123 e. The van der Waals surface area contributed by atoms with Gasteiger partial charge in [-0.3, -0.25) is 0 Å². The van der Waals surface area contributed by atoms with E-state index in [2.05, 4.69) is 13.8 Å². The van der Waals surface area contributed by atoms with Crippen LogP contribution in [0.2, 0.25) is 0 Å². The molecule has 0 aromatic carbocycles. The molecule has 0 spiro atoms. The highest BCUT2D eigenvalue weighted by Gasteiger charge is 2.03. The molecule has 0 saturated carbocycles. The van der Waals surface area contributed by atoms with Gasteiger partial charge in [0.05, 0.1) is 0 Å². The van der Waals surface area contributed by atoms with Gasteiger partial charge in [0.1, 0.15) is 0 Å². The molecule has 0 aliphatic rings. The van der Waals surface area contributed by atoms with Crippen molar-refractivity contribution in [2.75, 3.05) is 0 Å². The molecule has 0 nitrogen and oxygen atoms in total. The van der Waals surface area contributed by atoms with E-state index in [9.17, 15) is 0 Å². The maximum absolute atomic E-state index is 6.32. The van der Waals surface area contributed by atoms with E-state index in [0.717, 1.165) is 0 Å². The van der Waals surface area contributed by atoms with Gasteiger partial charge in [-0.05, 0) is 12.8 Å². The van der Waals surface area contributed by atoms with Gasteiger partial charge in [-0.15, -0.1) is 11.6 Å². The summed E-state index contributed by atoms with van der Waals surface area (Å²) in [5.74, 6) is 0. The van der Waals surface area contributed by atoms with Gasteiger partial charge < -0.3 is 0 Å². The molecule has 146 valence electrons. The normalized spacial score (nSPS) is 12.6. The molecule has 0 amide bonds. The second kappa shape index (κ2) is 21.3. The molecule has 0 aromatic heterocycles. The summed E-state index contributed by atoms with van der Waals surface area (Å²) >= 11 is 6.32. The van der Waals surface area contributed by atoms with E-state index < -0.39 is 0 Å². The second-order valence-corrected chi connectivity index (χ2v) is 8.45. The first-order chi connectivity index (χ1) is 11.8. The maximum atomic E-state index is 6.32. The molecule has 24 heavy (non-hydrogen) atoms. The minimum Gasteiger partial charge on any atom is -0.123 e. The van der Waals surface area contributed by atoms with Crippen LogP contribution < -0.4 is 0 Å². The Morgan fingerprint density at radius 1 is 0.417 bits per heavy atom. The second-order valence-electron chi connectivity index (χ2n) is 7.83. The van der Waals surface area contributed by atoms with Gasteiger partial charge >= 0.3 is 0 Å². The summed E-state index contributed by atoms with van der Waals surface area (Å²) in [6.07, 6.45) is 28.1. The monoisotopic (exact) mass is 358 g/mol. The van der Waals surface area contributed by atoms with Crippen molar-refractivity contribution in [1.82, 2.24) is 0 Å². The third-order valence-corrected chi connectivity index (χ3v) is 5.68. The Morgan fingerprint density at radius 3 is 1.08 bits per heavy atom. The minimum absolute atomic E-state index is 0.441. The standard InChI is InChI=1S/C23H47Cl/c1-3-5-7-8-9-10-11-12-13-14-15-16-17-18-19-20-22-23(24)21-6-4-2/h23H,3-22H2,1-2H3. The highest BCUT2D eigenvalue weighted by Crippen LogP contribution is 2.17. The van der Waals surface area contributed by atoms with E-state index in [1.165, 1.54) is 128 Å². The molecule has 0 radical (unpaired) electrons. The highest BCUT2D eigenvalue weighted by molar-refractivity contribution is 6.20. The van der Waals surface area contributed by atoms with Crippen LogP contribution in [0.5, 0.6) is 0 Å². The van der Waals surface area contributed by atoms with E-state index in [1.54, 1.807) is 0 Å². The van der Waals surface area contributed by atoms with E-state index in [1.807, 2.05) is 0 Å². The zero-order chi connectivity index (χ0) is 17.7. The third-order valence-electron chi connectivity index (χ3n) is 5.24. The number of halogens is 1. The van der Waals surface area contributed by atoms with Crippen LogP contribution in [0.3, 0.4) is 0 Å². The Morgan fingerprint density at radius 2 is 0.708 bits per heavy atom. The molecule has 0 N–H and O–H groups in total. The first-order valence-corrected chi connectivity index (χ1v) is 11.9. The van der Waals surface area contributed by atoms with Gasteiger partial charge in [0.25, 0.3) is 0 Å². The summed E-state index contributed by atoms with van der Waals surface area (Å²) in [4.78, 5) is 0. The first-order valence-electron chi connectivity index (χ1n) is 11.4. The summed E-state index contributed by atoms with van der Waals surface area (Å²) in [5, 5.41) is 0.441. The molecule has 0 aliphatic heterocycles. The molecular weight excluding hydrogens is 312 g/mol. The molecule has 0 fully saturated rings. The predicted molar refractivity (Wildman–Crippen MR) is 113 cm³/mol. The first kappa shape index (κ1) is 24.3. The van der Waals surface area contributed by atoms with Crippen molar-refractivity contribution in [1.29, 1.82) is 0 Å². The zero-order valence-corrected chi connectivity index (χ0v) is 17.9. The van der Waals surface area contributed by atoms with E-state index >= 15 is 0 Å². The number of unbranched alkanes of at least 4 members (excludes halogenated alkanes) is 16. The lowest BCUT2D eigenvalue weighted by Crippen LogP contribution is -1.97. The maximum Gasteiger partial charge on any atom is 0.0336 e. The molecule has 1 atom stereocenters. The number of hydrogen-bond donors (Lipinski definition) is 0. The fraction of sp³-hybridized carbons (Fsp3) is 1.00. The van der Waals surface area contributed by atoms with Crippen molar-refractivity contribution in [3.63, 3.8) is 0 Å². The average molecular weight is 359 g/mol. The zero-order valence-electron chi connectivity index (χ0n) is 17.1. The van der Waals surface area contributed by atoms with Crippen LogP contribution in [0.15, 0.2) is 0 Å². The van der Waals surface area contributed by atoms with Crippen LogP contribution in [0, 0.1) is 0 Å². The summed E-state index contributed by atoms with van der Waals surface area (Å²) in [6, 6.07) is 0. The molecule has 0 saturated heterocycles. The lowest BCUT2D eigenvalue weighted by Gasteiger charge is -2.08. The van der Waals surface area contributed by atoms with Crippen LogP contribution in [-0.4, -0.2) is 5.38 Å². The predicted octanol–water partition coefficient (Wildman–Crippen LogP) is 9.44. The molecule has 0 aliphatic carbocycles. The summed E-state index contributed by atoms with van der Waals surface area (Å²) in [6.45, 7) is 4.54. The van der Waals surface area contributed by atoms with Gasteiger partial charge in [0, 0.05) is 5.38 Å². The Kier molecular flexibility index (Phi) is 21.6. The fourth-order valence-electron chi connectivity index (χ4n) is 3.48. The molecule has 1 unspecified atom stereocenters. The van der Waals surface area contributed by atoms with Gasteiger partial charge in [0.15, 0.2) is 0 Å². The van der Waals surface area contributed by atoms with Gasteiger partial charge in [-0.25, -0.2) is 0 Å². The van der Waals surface area contributed by atoms with E-state index in [4.69, 9.17) is 11.6 Å². The topological polar surface area (TPSA) is 0 Å². The smallest absolute Gasteiger partial charge is 0.0336 e. The van der Waals surface area contributed by atoms with Crippen LogP contribution in [0.25, 0.3) is 0 Å². The average Bonchev–Trinajstić information content (AvgIpc) is 2.59. The van der Waals surface area contributed by atoms with Crippen molar-refractivity contribution >= 4 is 11.6 Å². The SMILES string of the molecule is CCCCCCCCCCCCCCCCCCC(Cl)CCCC. The van der Waals surface area contributed by atoms with Crippen molar-refractivity contribution in [2.45, 2.75) is 148 Å². The molecule has 0 bridgehead atoms. The minimum atomic E-state index is 0.441. The lowest BCUT2D eigenvalue weighted by atomic mass is 10.0. The number of alkyl halides is 1. The van der Waals surface area contributed by atoms with Crippen LogP contribution in [-0.2, 0) is 0 Å². The molecule has 1 heteroatoms. The fourth-order valence-corrected chi connectivity index (χ4v) is 3.79. The van der Waals surface area contributed by atoms with Crippen molar-refractivity contribution in [3.8, 4) is 0 Å². The van der Waals surface area contributed by atoms with E-state index in [0.29, 0.717) is 5.38 Å². The molecular formula is C23H47Cl. The Balaban J connectivity index is 3.02. The Bertz CT molecular complexity index is 214. The van der Waals surface area contributed by atoms with Crippen LogP contribution in [0.1, 0.15) is 142 Å². The van der Waals surface area contributed by atoms with Crippen LogP contribution >= 0.6 is 11.6 Å². The summed E-state index contributed by atoms with van der Waals surface area (Å²) < 4.78 is 0. The summed E-state index contributed by atoms with van der Waals surface area (Å²) in [7, 11) is 0. The van der Waals surface area contributed by atoms with Gasteiger partial charge in [0.2, 0.25) is 0 Å². The number of hydrogen-bond acceptors (Lipinski definition) is 0. The van der Waals surface area contributed by atoms with Gasteiger partial charge in [-0.2, -0.15) is 0 Å². The van der Waals surface area contributed by atoms with E-state index in [-0.39, 0.29) is 0 Å². The lowest BCUT2D eigenvalue weighted by molar-refractivity contribution is 0.522. The number of rotatable bonds is 20. The van der Waals surface area contributed by atoms with Crippen molar-refractivity contribution in [3.05, 3.63) is 0 Å². The van der Waals surface area contributed by atoms with Crippen molar-refractivity contribution < 1.29 is 0 Å². The molecule has 0 rings (SSSR count). The third kappa shape index (κ3) is 20.3. The highest BCUT2D eigenvalue weighted by atomic mass is 35.5.